The predicted molar refractivity (Wildman–Crippen MR) is 40.6 cm³/mol. The third kappa shape index (κ3) is 1.48. The fraction of sp³-hybridized carbons (Fsp3) is 0.500. The summed E-state index contributed by atoms with van der Waals surface area (Å²) in [7, 11) is 0. The summed E-state index contributed by atoms with van der Waals surface area (Å²) in [6.07, 6.45) is 2.59. The van der Waals surface area contributed by atoms with Crippen LogP contribution < -0.4 is 0 Å². The lowest BCUT2D eigenvalue weighted by Gasteiger charge is -1.89. The zero-order valence-electron chi connectivity index (χ0n) is 6.76. The second-order valence-corrected chi connectivity index (χ2v) is 2.47. The van der Waals surface area contributed by atoms with Gasteiger partial charge in [-0.05, 0) is 13.3 Å². The SMILES string of the molecule is CCCc1noc(C)c1C=O. The highest BCUT2D eigenvalue weighted by atomic mass is 16.5. The van der Waals surface area contributed by atoms with Gasteiger partial charge in [-0.1, -0.05) is 18.5 Å². The molecule has 0 radical (unpaired) electrons. The molecule has 0 unspecified atom stereocenters. The van der Waals surface area contributed by atoms with Gasteiger partial charge < -0.3 is 4.52 Å². The highest BCUT2D eigenvalue weighted by Crippen LogP contribution is 2.11. The smallest absolute Gasteiger partial charge is 0.155 e. The van der Waals surface area contributed by atoms with E-state index in [-0.39, 0.29) is 0 Å². The Morgan fingerprint density at radius 3 is 2.91 bits per heavy atom. The van der Waals surface area contributed by atoms with Gasteiger partial charge in [0, 0.05) is 0 Å². The van der Waals surface area contributed by atoms with Gasteiger partial charge in [-0.25, -0.2) is 0 Å². The zero-order chi connectivity index (χ0) is 8.27. The monoisotopic (exact) mass is 153 g/mol. The van der Waals surface area contributed by atoms with Crippen molar-refractivity contribution in [3.63, 3.8) is 0 Å². The first-order valence-electron chi connectivity index (χ1n) is 3.70. The van der Waals surface area contributed by atoms with Gasteiger partial charge in [-0.3, -0.25) is 4.79 Å². The lowest BCUT2D eigenvalue weighted by atomic mass is 10.1. The van der Waals surface area contributed by atoms with E-state index in [0.29, 0.717) is 11.3 Å². The van der Waals surface area contributed by atoms with E-state index in [1.165, 1.54) is 0 Å². The van der Waals surface area contributed by atoms with Crippen LogP contribution in [0.2, 0.25) is 0 Å². The van der Waals surface area contributed by atoms with Crippen molar-refractivity contribution in [1.29, 1.82) is 0 Å². The molecule has 1 aromatic rings. The maximum Gasteiger partial charge on any atom is 0.155 e. The van der Waals surface area contributed by atoms with Crippen LogP contribution >= 0.6 is 0 Å². The van der Waals surface area contributed by atoms with Crippen molar-refractivity contribution >= 4 is 6.29 Å². The van der Waals surface area contributed by atoms with Crippen LogP contribution in [-0.4, -0.2) is 11.4 Å². The minimum atomic E-state index is 0.614. The van der Waals surface area contributed by atoms with E-state index in [1.807, 2.05) is 6.92 Å². The number of aryl methyl sites for hydroxylation is 2. The molecule has 11 heavy (non-hydrogen) atoms. The summed E-state index contributed by atoms with van der Waals surface area (Å²) in [5.74, 6) is 0.614. The van der Waals surface area contributed by atoms with Crippen LogP contribution in [0, 0.1) is 6.92 Å². The lowest BCUT2D eigenvalue weighted by Crippen LogP contribution is -1.89. The number of carbonyl (C=O) groups is 1. The number of rotatable bonds is 3. The molecule has 3 nitrogen and oxygen atoms in total. The van der Waals surface area contributed by atoms with Crippen LogP contribution in [0.1, 0.15) is 35.2 Å². The molecule has 0 atom stereocenters. The quantitative estimate of drug-likeness (QED) is 0.621. The van der Waals surface area contributed by atoms with Crippen LogP contribution in [0.4, 0.5) is 0 Å². The Balaban J connectivity index is 2.95. The van der Waals surface area contributed by atoms with Gasteiger partial charge in [0.25, 0.3) is 0 Å². The van der Waals surface area contributed by atoms with E-state index in [0.717, 1.165) is 24.8 Å². The Kier molecular flexibility index (Phi) is 2.41. The number of hydrogen-bond donors (Lipinski definition) is 0. The first-order chi connectivity index (χ1) is 5.29. The summed E-state index contributed by atoms with van der Waals surface area (Å²) in [5.41, 5.74) is 1.40. The zero-order valence-corrected chi connectivity index (χ0v) is 6.76. The standard InChI is InChI=1S/C8H11NO2/c1-3-4-8-7(5-10)6(2)11-9-8/h5H,3-4H2,1-2H3. The molecule has 0 aliphatic carbocycles. The van der Waals surface area contributed by atoms with Gasteiger partial charge in [0.15, 0.2) is 6.29 Å². The minimum absolute atomic E-state index is 0.614. The molecule has 60 valence electrons. The number of nitrogens with zero attached hydrogens (tertiary/aromatic N) is 1. The van der Waals surface area contributed by atoms with E-state index in [2.05, 4.69) is 5.16 Å². The molecule has 0 fully saturated rings. The summed E-state index contributed by atoms with van der Waals surface area (Å²) >= 11 is 0. The minimum Gasteiger partial charge on any atom is -0.361 e. The second-order valence-electron chi connectivity index (χ2n) is 2.47. The molecule has 0 aliphatic rings. The van der Waals surface area contributed by atoms with Crippen molar-refractivity contribution < 1.29 is 9.32 Å². The Hall–Kier alpha value is -1.12. The Morgan fingerprint density at radius 1 is 1.64 bits per heavy atom. The largest absolute Gasteiger partial charge is 0.361 e. The Morgan fingerprint density at radius 2 is 2.36 bits per heavy atom. The van der Waals surface area contributed by atoms with E-state index < -0.39 is 0 Å². The molecule has 1 heterocycles. The summed E-state index contributed by atoms with van der Waals surface area (Å²) in [6.45, 7) is 3.79. The second kappa shape index (κ2) is 3.32. The van der Waals surface area contributed by atoms with Crippen molar-refractivity contribution in [2.45, 2.75) is 26.7 Å². The topological polar surface area (TPSA) is 43.1 Å². The summed E-state index contributed by atoms with van der Waals surface area (Å²) in [4.78, 5) is 10.5. The van der Waals surface area contributed by atoms with Crippen molar-refractivity contribution in [2.24, 2.45) is 0 Å². The fourth-order valence-corrected chi connectivity index (χ4v) is 0.993. The third-order valence-corrected chi connectivity index (χ3v) is 1.59. The molecule has 1 aromatic heterocycles. The molecule has 0 saturated carbocycles. The average Bonchev–Trinajstić information content (AvgIpc) is 2.33. The maximum absolute atomic E-state index is 10.5. The van der Waals surface area contributed by atoms with Gasteiger partial charge in [-0.2, -0.15) is 0 Å². The van der Waals surface area contributed by atoms with Gasteiger partial charge >= 0.3 is 0 Å². The van der Waals surface area contributed by atoms with E-state index in [1.54, 1.807) is 6.92 Å². The van der Waals surface area contributed by atoms with E-state index >= 15 is 0 Å². The molecular weight excluding hydrogens is 142 g/mol. The maximum atomic E-state index is 10.5. The van der Waals surface area contributed by atoms with E-state index in [9.17, 15) is 4.79 Å². The van der Waals surface area contributed by atoms with Crippen molar-refractivity contribution in [2.75, 3.05) is 0 Å². The van der Waals surface area contributed by atoms with Crippen molar-refractivity contribution in [3.8, 4) is 0 Å². The fourth-order valence-electron chi connectivity index (χ4n) is 0.993. The van der Waals surface area contributed by atoms with Gasteiger partial charge in [0.05, 0.1) is 11.3 Å². The summed E-state index contributed by atoms with van der Waals surface area (Å²) in [5, 5.41) is 3.77. The first-order valence-corrected chi connectivity index (χ1v) is 3.70. The molecule has 0 amide bonds. The Bertz CT molecular complexity index is 253. The molecule has 0 N–H and O–H groups in total. The van der Waals surface area contributed by atoms with Crippen LogP contribution in [0.5, 0.6) is 0 Å². The summed E-state index contributed by atoms with van der Waals surface area (Å²) in [6, 6.07) is 0. The highest BCUT2D eigenvalue weighted by Gasteiger charge is 2.09. The molecule has 0 aliphatic heterocycles. The van der Waals surface area contributed by atoms with Gasteiger partial charge in [-0.15, -0.1) is 0 Å². The number of hydrogen-bond acceptors (Lipinski definition) is 3. The average molecular weight is 153 g/mol. The van der Waals surface area contributed by atoms with Gasteiger partial charge in [0.1, 0.15) is 5.76 Å². The van der Waals surface area contributed by atoms with Crippen molar-refractivity contribution in [3.05, 3.63) is 17.0 Å². The first kappa shape index (κ1) is 7.98. The summed E-state index contributed by atoms with van der Waals surface area (Å²) < 4.78 is 4.86. The van der Waals surface area contributed by atoms with Crippen molar-refractivity contribution in [1.82, 2.24) is 5.16 Å². The molecule has 0 spiro atoms. The normalized spacial score (nSPS) is 10.0. The molecule has 0 bridgehead atoms. The highest BCUT2D eigenvalue weighted by molar-refractivity contribution is 5.77. The molecule has 3 heteroatoms. The molecular formula is C8H11NO2. The number of aromatic nitrogens is 1. The molecule has 0 saturated heterocycles. The van der Waals surface area contributed by atoms with Crippen LogP contribution in [0.25, 0.3) is 0 Å². The molecule has 0 aromatic carbocycles. The Labute approximate surface area is 65.4 Å². The van der Waals surface area contributed by atoms with E-state index in [4.69, 9.17) is 4.52 Å². The van der Waals surface area contributed by atoms with Crippen LogP contribution in [0.15, 0.2) is 4.52 Å². The third-order valence-electron chi connectivity index (χ3n) is 1.59. The van der Waals surface area contributed by atoms with Crippen LogP contribution in [-0.2, 0) is 6.42 Å². The predicted octanol–water partition coefficient (Wildman–Crippen LogP) is 1.75. The van der Waals surface area contributed by atoms with Crippen LogP contribution in [0.3, 0.4) is 0 Å². The lowest BCUT2D eigenvalue weighted by molar-refractivity contribution is 0.112. The number of aldehydes is 1. The van der Waals surface area contributed by atoms with Gasteiger partial charge in [0.2, 0.25) is 0 Å². The molecule has 1 rings (SSSR count). The number of carbonyl (C=O) groups excluding carboxylic acids is 1.